The van der Waals surface area contributed by atoms with Crippen molar-refractivity contribution in [3.63, 3.8) is 0 Å². The van der Waals surface area contributed by atoms with Crippen molar-refractivity contribution in [3.8, 4) is 16.9 Å². The maximum absolute atomic E-state index is 12.4. The number of hydrogen-bond donors (Lipinski definition) is 2. The first-order chi connectivity index (χ1) is 18.1. The van der Waals surface area contributed by atoms with Gasteiger partial charge < -0.3 is 19.9 Å². The molecule has 2 aliphatic rings. The zero-order valence-corrected chi connectivity index (χ0v) is 21.0. The van der Waals surface area contributed by atoms with Crippen LogP contribution in [-0.4, -0.2) is 68.9 Å². The molecule has 2 N–H and O–H groups in total. The van der Waals surface area contributed by atoms with Crippen LogP contribution >= 0.6 is 0 Å². The lowest BCUT2D eigenvalue weighted by Gasteiger charge is -2.34. The van der Waals surface area contributed by atoms with E-state index in [1.807, 2.05) is 35.4 Å². The van der Waals surface area contributed by atoms with Gasteiger partial charge in [-0.15, -0.1) is 0 Å². The third-order valence-corrected chi connectivity index (χ3v) is 7.16. The number of rotatable bonds is 8. The fourth-order valence-corrected chi connectivity index (χ4v) is 4.89. The number of pyridine rings is 2. The molecular weight excluding hydrogens is 466 g/mol. The van der Waals surface area contributed by atoms with Crippen LogP contribution in [0.15, 0.2) is 55.0 Å². The molecule has 1 amide bonds. The number of methoxy groups -OCH3 is 1. The summed E-state index contributed by atoms with van der Waals surface area (Å²) in [4.78, 5) is 33.5. The van der Waals surface area contributed by atoms with Crippen molar-refractivity contribution in [2.75, 3.05) is 38.6 Å². The van der Waals surface area contributed by atoms with Crippen LogP contribution in [0.4, 0.5) is 11.8 Å². The molecule has 1 aliphatic carbocycles. The molecule has 2 fully saturated rings. The molecule has 0 radical (unpaired) electrons. The van der Waals surface area contributed by atoms with Gasteiger partial charge in [0.2, 0.25) is 11.9 Å². The van der Waals surface area contributed by atoms with Gasteiger partial charge in [-0.1, -0.05) is 6.07 Å². The molecular formula is C28H31N7O2. The summed E-state index contributed by atoms with van der Waals surface area (Å²) in [7, 11) is 1.65. The van der Waals surface area contributed by atoms with Crippen molar-refractivity contribution in [2.45, 2.75) is 25.8 Å². The van der Waals surface area contributed by atoms with Gasteiger partial charge >= 0.3 is 0 Å². The summed E-state index contributed by atoms with van der Waals surface area (Å²) in [5.74, 6) is 3.08. The molecule has 0 unspecified atom stereocenters. The summed E-state index contributed by atoms with van der Waals surface area (Å²) >= 11 is 0. The molecule has 0 bridgehead atoms. The van der Waals surface area contributed by atoms with E-state index in [2.05, 4.69) is 42.3 Å². The molecule has 3 aromatic heterocycles. The van der Waals surface area contributed by atoms with Crippen LogP contribution in [-0.2, 0) is 11.3 Å². The maximum Gasteiger partial charge on any atom is 0.222 e. The molecule has 1 aliphatic heterocycles. The van der Waals surface area contributed by atoms with Gasteiger partial charge in [0.15, 0.2) is 0 Å². The fourth-order valence-electron chi connectivity index (χ4n) is 4.89. The first kappa shape index (κ1) is 23.4. The van der Waals surface area contributed by atoms with E-state index in [1.54, 1.807) is 19.5 Å². The van der Waals surface area contributed by atoms with E-state index in [1.165, 1.54) is 18.4 Å². The smallest absolute Gasteiger partial charge is 0.222 e. The van der Waals surface area contributed by atoms with E-state index < -0.39 is 0 Å². The highest BCUT2D eigenvalue weighted by Crippen LogP contribution is 2.33. The Labute approximate surface area is 215 Å². The van der Waals surface area contributed by atoms with E-state index in [0.29, 0.717) is 17.8 Å². The maximum atomic E-state index is 12.4. The molecule has 0 spiro atoms. The predicted molar refractivity (Wildman–Crippen MR) is 143 cm³/mol. The number of nitrogens with zero attached hydrogens (tertiary/aromatic N) is 5. The summed E-state index contributed by atoms with van der Waals surface area (Å²) in [5.41, 5.74) is 4.97. The molecule has 190 valence electrons. The number of aromatic amines is 1. The van der Waals surface area contributed by atoms with Crippen molar-refractivity contribution in [1.29, 1.82) is 0 Å². The van der Waals surface area contributed by atoms with Gasteiger partial charge in [-0.2, -0.15) is 0 Å². The number of nitrogens with one attached hydrogen (secondary N) is 2. The fraction of sp³-hybridized carbons (Fsp3) is 0.357. The van der Waals surface area contributed by atoms with Crippen molar-refractivity contribution in [2.24, 2.45) is 5.92 Å². The van der Waals surface area contributed by atoms with Gasteiger partial charge in [0, 0.05) is 57.1 Å². The van der Waals surface area contributed by atoms with Crippen LogP contribution in [0.1, 0.15) is 24.8 Å². The molecule has 1 aromatic carbocycles. The number of piperazine rings is 1. The van der Waals surface area contributed by atoms with E-state index >= 15 is 0 Å². The first-order valence-electron chi connectivity index (χ1n) is 12.8. The zero-order chi connectivity index (χ0) is 25.2. The van der Waals surface area contributed by atoms with Gasteiger partial charge in [0.25, 0.3) is 0 Å². The molecule has 6 rings (SSSR count). The van der Waals surface area contributed by atoms with Crippen molar-refractivity contribution < 1.29 is 9.53 Å². The number of amides is 1. The third kappa shape index (κ3) is 5.41. The Morgan fingerprint density at radius 2 is 1.97 bits per heavy atom. The number of imidazole rings is 1. The number of aromatic nitrogens is 4. The van der Waals surface area contributed by atoms with Crippen LogP contribution in [0.3, 0.4) is 0 Å². The summed E-state index contributed by atoms with van der Waals surface area (Å²) in [5, 5.41) is 3.31. The zero-order valence-electron chi connectivity index (χ0n) is 21.0. The second-order valence-electron chi connectivity index (χ2n) is 9.87. The van der Waals surface area contributed by atoms with Gasteiger partial charge in [-0.3, -0.25) is 14.7 Å². The molecule has 9 nitrogen and oxygen atoms in total. The highest BCUT2D eigenvalue weighted by atomic mass is 16.5. The summed E-state index contributed by atoms with van der Waals surface area (Å²) in [6.07, 6.45) is 8.48. The van der Waals surface area contributed by atoms with Gasteiger partial charge in [-0.25, -0.2) is 9.97 Å². The quantitative estimate of drug-likeness (QED) is 0.376. The highest BCUT2D eigenvalue weighted by Gasteiger charge is 2.28. The molecule has 4 aromatic rings. The van der Waals surface area contributed by atoms with E-state index in [-0.39, 0.29) is 0 Å². The Hall–Kier alpha value is -3.98. The second kappa shape index (κ2) is 10.2. The molecule has 4 heterocycles. The molecule has 0 atom stereocenters. The third-order valence-electron chi connectivity index (χ3n) is 7.16. The average Bonchev–Trinajstić information content (AvgIpc) is 3.65. The minimum absolute atomic E-state index is 0.329. The highest BCUT2D eigenvalue weighted by molar-refractivity contribution is 5.85. The largest absolute Gasteiger partial charge is 0.494 e. The molecule has 9 heteroatoms. The molecule has 1 saturated carbocycles. The number of carbonyl (C=O) groups is 1. The number of benzene rings is 1. The topological polar surface area (TPSA) is 99.3 Å². The standard InChI is InChI=1S/C28H31N7O2/c1-37-25-17-29-8-7-22(25)21-4-5-23-24(16-21)32-28(31-23)33-26-14-20(6-9-30-26)18-34-10-12-35(13-11-34)27(36)15-19-2-3-19/h4-9,14,16-17,19H,2-3,10-13,15,18H2,1H3,(H2,30,31,32,33). The Balaban J connectivity index is 1.10. The van der Waals surface area contributed by atoms with E-state index in [0.717, 1.165) is 72.9 Å². The SMILES string of the molecule is COc1cnccc1-c1ccc2nc(Nc3cc(CN4CCN(C(=O)CC5CC5)CC4)ccn3)[nH]c2c1. The van der Waals surface area contributed by atoms with Gasteiger partial charge in [0.1, 0.15) is 11.6 Å². The van der Waals surface area contributed by atoms with Crippen molar-refractivity contribution >= 4 is 28.7 Å². The second-order valence-corrected chi connectivity index (χ2v) is 9.87. The lowest BCUT2D eigenvalue weighted by atomic mass is 10.1. The van der Waals surface area contributed by atoms with Crippen LogP contribution in [0.2, 0.25) is 0 Å². The normalized spacial score (nSPS) is 16.2. The number of fused-ring (bicyclic) bond motifs is 1. The molecule has 37 heavy (non-hydrogen) atoms. The van der Waals surface area contributed by atoms with Gasteiger partial charge in [0.05, 0.1) is 24.3 Å². The Morgan fingerprint density at radius 1 is 1.11 bits per heavy atom. The minimum atomic E-state index is 0.329. The predicted octanol–water partition coefficient (Wildman–Crippen LogP) is 4.22. The van der Waals surface area contributed by atoms with Crippen molar-refractivity contribution in [3.05, 3.63) is 60.6 Å². The number of carbonyl (C=O) groups excluding carboxylic acids is 1. The Kier molecular flexibility index (Phi) is 6.44. The summed E-state index contributed by atoms with van der Waals surface area (Å²) in [6, 6.07) is 12.1. The van der Waals surface area contributed by atoms with Crippen LogP contribution in [0.25, 0.3) is 22.2 Å². The summed E-state index contributed by atoms with van der Waals surface area (Å²) in [6.45, 7) is 4.26. The van der Waals surface area contributed by atoms with Crippen molar-refractivity contribution in [1.82, 2.24) is 29.7 Å². The Morgan fingerprint density at radius 3 is 2.78 bits per heavy atom. The molecule has 1 saturated heterocycles. The minimum Gasteiger partial charge on any atom is -0.494 e. The Bertz CT molecular complexity index is 1410. The number of hydrogen-bond acceptors (Lipinski definition) is 7. The van der Waals surface area contributed by atoms with E-state index in [4.69, 9.17) is 4.74 Å². The van der Waals surface area contributed by atoms with Crippen LogP contribution in [0, 0.1) is 5.92 Å². The average molecular weight is 498 g/mol. The van der Waals surface area contributed by atoms with Gasteiger partial charge in [-0.05, 0) is 60.2 Å². The monoisotopic (exact) mass is 497 g/mol. The summed E-state index contributed by atoms with van der Waals surface area (Å²) < 4.78 is 5.46. The number of anilines is 2. The van der Waals surface area contributed by atoms with Crippen LogP contribution < -0.4 is 10.1 Å². The number of ether oxygens (including phenoxy) is 1. The lowest BCUT2D eigenvalue weighted by Crippen LogP contribution is -2.48. The van der Waals surface area contributed by atoms with E-state index in [9.17, 15) is 4.79 Å². The first-order valence-corrected chi connectivity index (χ1v) is 12.8. The number of H-pyrrole nitrogens is 1. The van der Waals surface area contributed by atoms with Crippen LogP contribution in [0.5, 0.6) is 5.75 Å². The lowest BCUT2D eigenvalue weighted by molar-refractivity contribution is -0.133.